The van der Waals surface area contributed by atoms with Crippen LogP contribution >= 0.6 is 0 Å². The minimum Gasteiger partial charge on any atom is -0.366 e. The summed E-state index contributed by atoms with van der Waals surface area (Å²) in [6.45, 7) is 1.84. The zero-order valence-electron chi connectivity index (χ0n) is 9.73. The second-order valence-electron chi connectivity index (χ2n) is 3.65. The van der Waals surface area contributed by atoms with Gasteiger partial charge in [0.2, 0.25) is 5.91 Å². The third-order valence-corrected chi connectivity index (χ3v) is 2.34. The lowest BCUT2D eigenvalue weighted by Crippen LogP contribution is -2.23. The van der Waals surface area contributed by atoms with Gasteiger partial charge in [-0.3, -0.25) is 4.79 Å². The largest absolute Gasteiger partial charge is 0.366 e. The lowest BCUT2D eigenvalue weighted by Gasteiger charge is -2.18. The van der Waals surface area contributed by atoms with Crippen molar-refractivity contribution in [2.45, 2.75) is 6.42 Å². The molecule has 0 aliphatic heterocycles. The second kappa shape index (κ2) is 6.07. The van der Waals surface area contributed by atoms with E-state index in [0.717, 1.165) is 25.3 Å². The molecule has 0 atom stereocenters. The highest BCUT2D eigenvalue weighted by molar-refractivity contribution is 5.93. The molecule has 0 unspecified atom stereocenters. The molecule has 0 saturated heterocycles. The van der Waals surface area contributed by atoms with E-state index in [-0.39, 0.29) is 0 Å². The van der Waals surface area contributed by atoms with Crippen LogP contribution in [0.4, 0.5) is 5.82 Å². The Morgan fingerprint density at radius 3 is 3.00 bits per heavy atom. The summed E-state index contributed by atoms with van der Waals surface area (Å²) in [5.74, 6) is 0.347. The predicted octanol–water partition coefficient (Wildman–Crippen LogP) is 0.226. The average Bonchev–Trinajstić information content (AvgIpc) is 2.29. The number of amides is 1. The molecule has 0 spiro atoms. The van der Waals surface area contributed by atoms with Crippen molar-refractivity contribution in [3.63, 3.8) is 0 Å². The van der Waals surface area contributed by atoms with Gasteiger partial charge < -0.3 is 16.0 Å². The van der Waals surface area contributed by atoms with Crippen molar-refractivity contribution in [2.75, 3.05) is 32.1 Å². The summed E-state index contributed by atoms with van der Waals surface area (Å²) in [5.41, 5.74) is 5.70. The molecule has 1 heterocycles. The number of aromatic nitrogens is 1. The summed E-state index contributed by atoms with van der Waals surface area (Å²) in [5, 5.41) is 3.08. The number of primary amides is 1. The first-order chi connectivity index (χ1) is 7.65. The molecule has 5 nitrogen and oxygen atoms in total. The highest BCUT2D eigenvalue weighted by atomic mass is 16.1. The third-order valence-electron chi connectivity index (χ3n) is 2.34. The Morgan fingerprint density at radius 2 is 2.38 bits per heavy atom. The van der Waals surface area contributed by atoms with Gasteiger partial charge in [-0.05, 0) is 32.1 Å². The minimum absolute atomic E-state index is 0.424. The predicted molar refractivity (Wildman–Crippen MR) is 64.6 cm³/mol. The Bertz CT molecular complexity index is 354. The summed E-state index contributed by atoms with van der Waals surface area (Å²) >= 11 is 0. The van der Waals surface area contributed by atoms with Crippen LogP contribution in [0.15, 0.2) is 18.3 Å². The molecule has 5 heteroatoms. The molecule has 1 amide bonds. The molecule has 0 aromatic carbocycles. The van der Waals surface area contributed by atoms with E-state index in [1.165, 1.54) is 0 Å². The van der Waals surface area contributed by atoms with Crippen LogP contribution in [0.2, 0.25) is 0 Å². The van der Waals surface area contributed by atoms with Crippen molar-refractivity contribution in [2.24, 2.45) is 5.73 Å². The van der Waals surface area contributed by atoms with Gasteiger partial charge in [-0.25, -0.2) is 4.98 Å². The number of nitrogens with zero attached hydrogens (tertiary/aromatic N) is 2. The zero-order valence-corrected chi connectivity index (χ0v) is 9.73. The van der Waals surface area contributed by atoms with Crippen LogP contribution in [0.5, 0.6) is 0 Å². The minimum atomic E-state index is -0.424. The molecule has 88 valence electrons. The fraction of sp³-hybridized carbons (Fsp3) is 0.455. The van der Waals surface area contributed by atoms with E-state index in [4.69, 9.17) is 5.73 Å². The lowest BCUT2D eigenvalue weighted by molar-refractivity contribution is 0.1000. The van der Waals surface area contributed by atoms with Crippen LogP contribution < -0.4 is 16.0 Å². The second-order valence-corrected chi connectivity index (χ2v) is 3.65. The molecule has 1 aromatic rings. The number of carbonyl (C=O) groups excluding carboxylic acids is 1. The van der Waals surface area contributed by atoms with Gasteiger partial charge >= 0.3 is 0 Å². The summed E-state index contributed by atoms with van der Waals surface area (Å²) in [6.07, 6.45) is 2.62. The number of carbonyl (C=O) groups is 1. The standard InChI is InChI=1S/C11H18N4O/c1-13-5-3-7-15(2)10-8-9(11(12)16)4-6-14-10/h4,6,8,13H,3,5,7H2,1-2H3,(H2,12,16). The van der Waals surface area contributed by atoms with Gasteiger partial charge in [0.25, 0.3) is 0 Å². The van der Waals surface area contributed by atoms with Crippen molar-refractivity contribution in [1.29, 1.82) is 0 Å². The first kappa shape index (κ1) is 12.4. The third kappa shape index (κ3) is 3.51. The van der Waals surface area contributed by atoms with E-state index in [0.29, 0.717) is 5.56 Å². The van der Waals surface area contributed by atoms with Crippen LogP contribution in [0.1, 0.15) is 16.8 Å². The normalized spacial score (nSPS) is 10.1. The first-order valence-corrected chi connectivity index (χ1v) is 5.26. The summed E-state index contributed by atoms with van der Waals surface area (Å²) < 4.78 is 0. The number of hydrogen-bond acceptors (Lipinski definition) is 4. The molecule has 0 fully saturated rings. The Hall–Kier alpha value is -1.62. The van der Waals surface area contributed by atoms with Gasteiger partial charge in [-0.15, -0.1) is 0 Å². The summed E-state index contributed by atoms with van der Waals surface area (Å²) in [7, 11) is 3.87. The van der Waals surface area contributed by atoms with Crippen molar-refractivity contribution < 1.29 is 4.79 Å². The highest BCUT2D eigenvalue weighted by Crippen LogP contribution is 2.10. The molecule has 16 heavy (non-hydrogen) atoms. The van der Waals surface area contributed by atoms with Gasteiger partial charge in [-0.1, -0.05) is 0 Å². The number of nitrogens with two attached hydrogens (primary N) is 1. The molecule has 3 N–H and O–H groups in total. The van der Waals surface area contributed by atoms with Gasteiger partial charge in [-0.2, -0.15) is 0 Å². The van der Waals surface area contributed by atoms with Crippen molar-refractivity contribution >= 4 is 11.7 Å². The highest BCUT2D eigenvalue weighted by Gasteiger charge is 2.05. The Balaban J connectivity index is 2.64. The maximum atomic E-state index is 11.0. The maximum Gasteiger partial charge on any atom is 0.248 e. The fourth-order valence-electron chi connectivity index (χ4n) is 1.39. The number of pyridine rings is 1. The quantitative estimate of drug-likeness (QED) is 0.676. The molecule has 0 radical (unpaired) electrons. The molecule has 0 aliphatic rings. The van der Waals surface area contributed by atoms with Crippen molar-refractivity contribution in [3.8, 4) is 0 Å². The van der Waals surface area contributed by atoms with Gasteiger partial charge in [0, 0.05) is 25.4 Å². The fourth-order valence-corrected chi connectivity index (χ4v) is 1.39. The van der Waals surface area contributed by atoms with Crippen molar-refractivity contribution in [3.05, 3.63) is 23.9 Å². The van der Waals surface area contributed by atoms with Gasteiger partial charge in [0.1, 0.15) is 5.82 Å². The zero-order chi connectivity index (χ0) is 12.0. The first-order valence-electron chi connectivity index (χ1n) is 5.26. The van der Waals surface area contributed by atoms with E-state index in [2.05, 4.69) is 10.3 Å². The SMILES string of the molecule is CNCCCN(C)c1cc(C(N)=O)ccn1. The molecule has 0 saturated carbocycles. The van der Waals surface area contributed by atoms with Gasteiger partial charge in [0.05, 0.1) is 0 Å². The molecule has 1 aromatic heterocycles. The summed E-state index contributed by atoms with van der Waals surface area (Å²) in [4.78, 5) is 17.2. The number of hydrogen-bond donors (Lipinski definition) is 2. The topological polar surface area (TPSA) is 71.2 Å². The molecule has 0 bridgehead atoms. The van der Waals surface area contributed by atoms with Crippen LogP contribution in [0.3, 0.4) is 0 Å². The van der Waals surface area contributed by atoms with Crippen molar-refractivity contribution in [1.82, 2.24) is 10.3 Å². The number of nitrogens with one attached hydrogen (secondary N) is 1. The number of anilines is 1. The molecule has 1 rings (SSSR count). The van der Waals surface area contributed by atoms with E-state index in [1.54, 1.807) is 18.3 Å². The van der Waals surface area contributed by atoms with Crippen LogP contribution in [0.25, 0.3) is 0 Å². The Labute approximate surface area is 95.7 Å². The van der Waals surface area contributed by atoms with E-state index < -0.39 is 5.91 Å². The van der Waals surface area contributed by atoms with Crippen LogP contribution in [-0.4, -0.2) is 38.1 Å². The Kier molecular flexibility index (Phi) is 4.72. The lowest BCUT2D eigenvalue weighted by atomic mass is 10.2. The van der Waals surface area contributed by atoms with Crippen LogP contribution in [-0.2, 0) is 0 Å². The average molecular weight is 222 g/mol. The monoisotopic (exact) mass is 222 g/mol. The van der Waals surface area contributed by atoms with Gasteiger partial charge in [0.15, 0.2) is 0 Å². The van der Waals surface area contributed by atoms with Crippen LogP contribution in [0, 0.1) is 0 Å². The van der Waals surface area contributed by atoms with E-state index >= 15 is 0 Å². The van der Waals surface area contributed by atoms with E-state index in [9.17, 15) is 4.79 Å². The molecular formula is C11H18N4O. The molecule has 0 aliphatic carbocycles. The Morgan fingerprint density at radius 1 is 1.62 bits per heavy atom. The van der Waals surface area contributed by atoms with E-state index in [1.807, 2.05) is 19.0 Å². The smallest absolute Gasteiger partial charge is 0.248 e. The maximum absolute atomic E-state index is 11.0. The molecular weight excluding hydrogens is 204 g/mol. The number of rotatable bonds is 6. The summed E-state index contributed by atoms with van der Waals surface area (Å²) in [6, 6.07) is 3.33.